The summed E-state index contributed by atoms with van der Waals surface area (Å²) in [5, 5.41) is 7.89. The highest BCUT2D eigenvalue weighted by Crippen LogP contribution is 2.29. The molecule has 8 heteroatoms. The van der Waals surface area contributed by atoms with Crippen molar-refractivity contribution in [1.29, 1.82) is 0 Å². The van der Waals surface area contributed by atoms with E-state index in [9.17, 15) is 17.6 Å². The summed E-state index contributed by atoms with van der Waals surface area (Å²) in [5.74, 6) is -0.685. The lowest BCUT2D eigenvalue weighted by Crippen LogP contribution is -2.15. The van der Waals surface area contributed by atoms with Gasteiger partial charge in [0.2, 0.25) is 15.9 Å². The van der Waals surface area contributed by atoms with Gasteiger partial charge in [-0.3, -0.25) is 4.79 Å². The number of thiophene rings is 1. The van der Waals surface area contributed by atoms with E-state index in [1.54, 1.807) is 32.1 Å². The Morgan fingerprint density at radius 2 is 1.79 bits per heavy atom. The van der Waals surface area contributed by atoms with Gasteiger partial charge in [-0.25, -0.2) is 17.9 Å². The highest BCUT2D eigenvalue weighted by atomic mass is 32.2. The van der Waals surface area contributed by atoms with Gasteiger partial charge in [-0.1, -0.05) is 12.1 Å². The molecule has 0 aliphatic carbocycles. The van der Waals surface area contributed by atoms with Gasteiger partial charge >= 0.3 is 0 Å². The van der Waals surface area contributed by atoms with E-state index in [1.807, 2.05) is 12.1 Å². The van der Waals surface area contributed by atoms with Gasteiger partial charge in [0.05, 0.1) is 4.90 Å². The maximum absolute atomic E-state index is 13.0. The predicted molar refractivity (Wildman–Crippen MR) is 115 cm³/mol. The molecule has 3 aromatic rings. The first kappa shape index (κ1) is 20.9. The smallest absolute Gasteiger partial charge is 0.248 e. The Morgan fingerprint density at radius 3 is 2.45 bits per heavy atom. The van der Waals surface area contributed by atoms with Crippen LogP contribution < -0.4 is 10.5 Å². The van der Waals surface area contributed by atoms with Crippen LogP contribution in [-0.2, 0) is 14.8 Å². The minimum Gasteiger partial charge on any atom is -0.322 e. The van der Waals surface area contributed by atoms with Crippen molar-refractivity contribution in [1.82, 2.24) is 0 Å². The molecule has 1 aromatic heterocycles. The fourth-order valence-corrected chi connectivity index (χ4v) is 4.20. The first-order chi connectivity index (χ1) is 13.6. The number of anilines is 1. The number of hydrogen-bond acceptors (Lipinski definition) is 4. The van der Waals surface area contributed by atoms with Gasteiger partial charge in [-0.05, 0) is 73.0 Å². The van der Waals surface area contributed by atoms with Gasteiger partial charge in [0.25, 0.3) is 0 Å². The van der Waals surface area contributed by atoms with Crippen molar-refractivity contribution in [2.45, 2.75) is 18.7 Å². The second-order valence-corrected chi connectivity index (χ2v) is 9.17. The van der Waals surface area contributed by atoms with Gasteiger partial charge in [-0.2, -0.15) is 0 Å². The van der Waals surface area contributed by atoms with Crippen LogP contribution in [0.1, 0.15) is 16.0 Å². The normalized spacial score (nSPS) is 11.7. The molecule has 0 unspecified atom stereocenters. The van der Waals surface area contributed by atoms with E-state index in [1.165, 1.54) is 41.7 Å². The molecular formula is C21H19FN2O3S2. The molecule has 1 heterocycles. The summed E-state index contributed by atoms with van der Waals surface area (Å²) < 4.78 is 36.3. The van der Waals surface area contributed by atoms with Crippen LogP contribution in [-0.4, -0.2) is 14.3 Å². The van der Waals surface area contributed by atoms with Crippen molar-refractivity contribution in [2.24, 2.45) is 5.14 Å². The summed E-state index contributed by atoms with van der Waals surface area (Å²) in [6.45, 7) is 3.54. The molecule has 1 amide bonds. The summed E-state index contributed by atoms with van der Waals surface area (Å²) in [6, 6.07) is 12.8. The Hall–Kier alpha value is -2.81. The quantitative estimate of drug-likeness (QED) is 0.585. The Bertz CT molecular complexity index is 1200. The highest BCUT2D eigenvalue weighted by Gasteiger charge is 2.13. The van der Waals surface area contributed by atoms with Gasteiger partial charge in [-0.15, -0.1) is 11.3 Å². The van der Waals surface area contributed by atoms with Crippen LogP contribution in [0.15, 0.2) is 59.5 Å². The van der Waals surface area contributed by atoms with Crippen LogP contribution in [0, 0.1) is 19.7 Å². The molecule has 0 bridgehead atoms. The lowest BCUT2D eigenvalue weighted by atomic mass is 10.1. The molecule has 0 radical (unpaired) electrons. The Balaban J connectivity index is 1.75. The summed E-state index contributed by atoms with van der Waals surface area (Å²) >= 11 is 1.47. The molecule has 150 valence electrons. The van der Waals surface area contributed by atoms with Crippen molar-refractivity contribution in [2.75, 3.05) is 5.32 Å². The zero-order valence-corrected chi connectivity index (χ0v) is 17.4. The summed E-state index contributed by atoms with van der Waals surface area (Å²) in [4.78, 5) is 14.1. The molecule has 2 aromatic carbocycles. The summed E-state index contributed by atoms with van der Waals surface area (Å²) in [6.07, 6.45) is 3.04. The monoisotopic (exact) mass is 430 g/mol. The second kappa shape index (κ2) is 8.28. The second-order valence-electron chi connectivity index (χ2n) is 6.49. The zero-order chi connectivity index (χ0) is 21.2. The van der Waals surface area contributed by atoms with Crippen LogP contribution >= 0.6 is 11.3 Å². The molecule has 0 fully saturated rings. The number of nitrogens with two attached hydrogens (primary N) is 1. The SMILES string of the molecule is Cc1cc(S(N)(=O)=O)cc(NC(=O)/C=C/c2ccc(-c3ccc(F)cc3)s2)c1C. The van der Waals surface area contributed by atoms with Gasteiger partial charge in [0.1, 0.15) is 5.82 Å². The van der Waals surface area contributed by atoms with Crippen LogP contribution in [0.3, 0.4) is 0 Å². The topological polar surface area (TPSA) is 89.3 Å². The number of sulfonamides is 1. The largest absolute Gasteiger partial charge is 0.322 e. The van der Waals surface area contributed by atoms with Crippen molar-refractivity contribution in [3.05, 3.63) is 76.4 Å². The number of hydrogen-bond donors (Lipinski definition) is 2. The Kier molecular flexibility index (Phi) is 5.97. The molecule has 0 aliphatic rings. The van der Waals surface area contributed by atoms with E-state index >= 15 is 0 Å². The van der Waals surface area contributed by atoms with E-state index in [0.29, 0.717) is 11.3 Å². The first-order valence-electron chi connectivity index (χ1n) is 8.62. The van der Waals surface area contributed by atoms with Crippen LogP contribution in [0.25, 0.3) is 16.5 Å². The van der Waals surface area contributed by atoms with E-state index < -0.39 is 15.9 Å². The molecule has 29 heavy (non-hydrogen) atoms. The van der Waals surface area contributed by atoms with E-state index in [4.69, 9.17) is 5.14 Å². The van der Waals surface area contributed by atoms with Crippen LogP contribution in [0.2, 0.25) is 0 Å². The third kappa shape index (κ3) is 5.17. The summed E-state index contributed by atoms with van der Waals surface area (Å²) in [7, 11) is -3.87. The molecule has 0 saturated carbocycles. The molecule has 0 aliphatic heterocycles. The maximum Gasteiger partial charge on any atom is 0.248 e. The predicted octanol–water partition coefficient (Wildman–Crippen LogP) is 4.47. The number of benzene rings is 2. The summed E-state index contributed by atoms with van der Waals surface area (Å²) in [5.41, 5.74) is 2.75. The number of carbonyl (C=O) groups is 1. The number of carbonyl (C=O) groups excluding carboxylic acids is 1. The molecule has 5 nitrogen and oxygen atoms in total. The maximum atomic E-state index is 13.0. The third-order valence-corrected chi connectivity index (χ3v) is 6.37. The Labute approximate surface area is 172 Å². The standard InChI is InChI=1S/C21H19FN2O3S2/c1-13-11-18(29(23,26)27)12-19(14(13)2)24-21(25)10-8-17-7-9-20(28-17)15-3-5-16(22)6-4-15/h3-12H,1-2H3,(H,24,25)(H2,23,26,27)/b10-8+. The van der Waals surface area contributed by atoms with Crippen molar-refractivity contribution < 1.29 is 17.6 Å². The average Bonchev–Trinajstić information content (AvgIpc) is 3.12. The number of nitrogens with one attached hydrogen (secondary N) is 1. The number of rotatable bonds is 5. The zero-order valence-electron chi connectivity index (χ0n) is 15.8. The van der Waals surface area contributed by atoms with E-state index in [0.717, 1.165) is 20.9 Å². The fourth-order valence-electron chi connectivity index (χ4n) is 2.66. The van der Waals surface area contributed by atoms with Gasteiger partial charge in [0, 0.05) is 21.5 Å². The first-order valence-corrected chi connectivity index (χ1v) is 11.0. The van der Waals surface area contributed by atoms with Gasteiger partial charge < -0.3 is 5.32 Å². The number of amides is 1. The van der Waals surface area contributed by atoms with Crippen molar-refractivity contribution in [3.63, 3.8) is 0 Å². The fraction of sp³-hybridized carbons (Fsp3) is 0.0952. The van der Waals surface area contributed by atoms with Gasteiger partial charge in [0.15, 0.2) is 0 Å². The average molecular weight is 431 g/mol. The third-order valence-electron chi connectivity index (χ3n) is 4.38. The molecule has 0 atom stereocenters. The lowest BCUT2D eigenvalue weighted by Gasteiger charge is -2.11. The Morgan fingerprint density at radius 1 is 1.10 bits per heavy atom. The van der Waals surface area contributed by atoms with Crippen LogP contribution in [0.5, 0.6) is 0 Å². The molecular weight excluding hydrogens is 411 g/mol. The van der Waals surface area contributed by atoms with Crippen LogP contribution in [0.4, 0.5) is 10.1 Å². The number of halogens is 1. The molecule has 3 N–H and O–H groups in total. The highest BCUT2D eigenvalue weighted by molar-refractivity contribution is 7.89. The number of aryl methyl sites for hydroxylation is 1. The van der Waals surface area contributed by atoms with Crippen molar-refractivity contribution in [3.8, 4) is 10.4 Å². The minimum absolute atomic E-state index is 0.0536. The van der Waals surface area contributed by atoms with E-state index in [-0.39, 0.29) is 10.7 Å². The number of primary sulfonamides is 1. The lowest BCUT2D eigenvalue weighted by molar-refractivity contribution is -0.111. The molecule has 3 rings (SSSR count). The minimum atomic E-state index is -3.87. The van der Waals surface area contributed by atoms with E-state index in [2.05, 4.69) is 5.32 Å². The van der Waals surface area contributed by atoms with Crippen molar-refractivity contribution >= 4 is 39.0 Å². The molecule has 0 spiro atoms. The molecule has 0 saturated heterocycles.